The van der Waals surface area contributed by atoms with Gasteiger partial charge in [0, 0.05) is 33.9 Å². The first kappa shape index (κ1) is 19.7. The molecule has 0 saturated heterocycles. The molecule has 1 atom stereocenters. The van der Waals surface area contributed by atoms with Crippen molar-refractivity contribution >= 4 is 16.6 Å². The summed E-state index contributed by atoms with van der Waals surface area (Å²) in [6.07, 6.45) is 0. The Balaban J connectivity index is 1.87. The van der Waals surface area contributed by atoms with Gasteiger partial charge in [-0.25, -0.2) is 0 Å². The van der Waals surface area contributed by atoms with Crippen molar-refractivity contribution in [1.82, 2.24) is 4.98 Å². The Bertz CT molecular complexity index is 1170. The summed E-state index contributed by atoms with van der Waals surface area (Å²) < 4.78 is 16.4. The fraction of sp³-hybridized carbons (Fsp3) is 0.200. The Kier molecular flexibility index (Phi) is 5.53. The van der Waals surface area contributed by atoms with Crippen molar-refractivity contribution in [3.63, 3.8) is 0 Å². The first-order valence-electron chi connectivity index (χ1n) is 9.84. The van der Waals surface area contributed by atoms with Gasteiger partial charge in [-0.05, 0) is 42.8 Å². The summed E-state index contributed by atoms with van der Waals surface area (Å²) in [4.78, 5) is 3.52. The molecule has 3 aromatic carbocycles. The highest BCUT2D eigenvalue weighted by Gasteiger charge is 2.22. The van der Waals surface area contributed by atoms with Crippen LogP contribution in [0.15, 0.2) is 66.7 Å². The number of H-pyrrole nitrogens is 1. The van der Waals surface area contributed by atoms with E-state index in [1.807, 2.05) is 42.5 Å². The topological polar surface area (TPSA) is 55.5 Å². The minimum Gasteiger partial charge on any atom is -0.497 e. The summed E-state index contributed by atoms with van der Waals surface area (Å²) in [5, 5.41) is 4.88. The monoisotopic (exact) mass is 402 g/mol. The smallest absolute Gasteiger partial charge is 0.161 e. The molecule has 4 aromatic rings. The van der Waals surface area contributed by atoms with Crippen LogP contribution in [-0.4, -0.2) is 26.3 Å². The lowest BCUT2D eigenvalue weighted by molar-refractivity contribution is 0.354. The number of benzene rings is 3. The zero-order valence-electron chi connectivity index (χ0n) is 17.7. The van der Waals surface area contributed by atoms with Gasteiger partial charge in [-0.2, -0.15) is 0 Å². The fourth-order valence-electron chi connectivity index (χ4n) is 3.90. The summed E-state index contributed by atoms with van der Waals surface area (Å²) in [7, 11) is 4.98. The number of ether oxygens (including phenoxy) is 3. The molecule has 30 heavy (non-hydrogen) atoms. The molecule has 154 valence electrons. The number of anilines is 1. The molecular formula is C25H26N2O3. The number of hydrogen-bond donors (Lipinski definition) is 2. The number of hydrogen-bond acceptors (Lipinski definition) is 4. The molecule has 4 rings (SSSR count). The van der Waals surface area contributed by atoms with E-state index >= 15 is 0 Å². The van der Waals surface area contributed by atoms with Crippen LogP contribution in [0.25, 0.3) is 10.9 Å². The second kappa shape index (κ2) is 8.41. The second-order valence-corrected chi connectivity index (χ2v) is 7.13. The van der Waals surface area contributed by atoms with Crippen LogP contribution in [0.2, 0.25) is 0 Å². The van der Waals surface area contributed by atoms with Crippen LogP contribution in [0.3, 0.4) is 0 Å². The average Bonchev–Trinajstić information content (AvgIpc) is 3.12. The van der Waals surface area contributed by atoms with E-state index in [1.165, 1.54) is 10.9 Å². The van der Waals surface area contributed by atoms with Crippen LogP contribution in [0, 0.1) is 6.92 Å². The van der Waals surface area contributed by atoms with E-state index in [9.17, 15) is 0 Å². The van der Waals surface area contributed by atoms with E-state index < -0.39 is 0 Å². The van der Waals surface area contributed by atoms with Crippen LogP contribution in [0.4, 0.5) is 5.69 Å². The highest BCUT2D eigenvalue weighted by Crippen LogP contribution is 2.38. The van der Waals surface area contributed by atoms with Crippen molar-refractivity contribution in [2.24, 2.45) is 0 Å². The Labute approximate surface area is 176 Å². The predicted octanol–water partition coefficient (Wildman–Crippen LogP) is 5.70. The first-order valence-corrected chi connectivity index (χ1v) is 9.84. The van der Waals surface area contributed by atoms with E-state index in [1.54, 1.807) is 21.3 Å². The summed E-state index contributed by atoms with van der Waals surface area (Å²) in [5.41, 5.74) is 5.47. The lowest BCUT2D eigenvalue weighted by Gasteiger charge is -2.23. The predicted molar refractivity (Wildman–Crippen MR) is 121 cm³/mol. The molecule has 5 nitrogen and oxygen atoms in total. The van der Waals surface area contributed by atoms with E-state index in [0.717, 1.165) is 28.2 Å². The van der Waals surface area contributed by atoms with Crippen LogP contribution in [0.1, 0.15) is 22.9 Å². The van der Waals surface area contributed by atoms with Crippen molar-refractivity contribution in [1.29, 1.82) is 0 Å². The first-order chi connectivity index (χ1) is 14.6. The van der Waals surface area contributed by atoms with Gasteiger partial charge in [-0.1, -0.05) is 30.3 Å². The van der Waals surface area contributed by atoms with E-state index in [0.29, 0.717) is 11.5 Å². The normalized spacial score (nSPS) is 11.9. The van der Waals surface area contributed by atoms with Gasteiger partial charge in [-0.3, -0.25) is 0 Å². The van der Waals surface area contributed by atoms with Crippen LogP contribution >= 0.6 is 0 Å². The molecule has 1 unspecified atom stereocenters. The number of nitrogens with one attached hydrogen (secondary N) is 2. The van der Waals surface area contributed by atoms with Crippen molar-refractivity contribution in [3.8, 4) is 17.2 Å². The van der Waals surface area contributed by atoms with Crippen molar-refractivity contribution < 1.29 is 14.2 Å². The van der Waals surface area contributed by atoms with Crippen molar-refractivity contribution in [3.05, 3.63) is 83.6 Å². The largest absolute Gasteiger partial charge is 0.497 e. The Morgan fingerprint density at radius 1 is 0.800 bits per heavy atom. The van der Waals surface area contributed by atoms with Crippen molar-refractivity contribution in [2.45, 2.75) is 13.0 Å². The minimum absolute atomic E-state index is 0.104. The lowest BCUT2D eigenvalue weighted by Crippen LogP contribution is -2.13. The van der Waals surface area contributed by atoms with Crippen LogP contribution < -0.4 is 19.5 Å². The number of fused-ring (bicyclic) bond motifs is 1. The maximum atomic E-state index is 5.57. The molecule has 2 N–H and O–H groups in total. The Hall–Kier alpha value is -3.60. The van der Waals surface area contributed by atoms with Gasteiger partial charge in [0.15, 0.2) is 11.5 Å². The molecule has 0 bridgehead atoms. The zero-order valence-corrected chi connectivity index (χ0v) is 17.7. The molecule has 5 heteroatoms. The minimum atomic E-state index is -0.104. The van der Waals surface area contributed by atoms with Gasteiger partial charge >= 0.3 is 0 Å². The third kappa shape index (κ3) is 3.66. The summed E-state index contributed by atoms with van der Waals surface area (Å²) >= 11 is 0. The molecule has 1 aromatic heterocycles. The van der Waals surface area contributed by atoms with E-state index in [-0.39, 0.29) is 6.04 Å². The third-order valence-corrected chi connectivity index (χ3v) is 5.35. The summed E-state index contributed by atoms with van der Waals surface area (Å²) in [5.74, 6) is 2.21. The van der Waals surface area contributed by atoms with Gasteiger partial charge in [0.25, 0.3) is 0 Å². The fourth-order valence-corrected chi connectivity index (χ4v) is 3.90. The average molecular weight is 402 g/mol. The Morgan fingerprint density at radius 3 is 2.37 bits per heavy atom. The van der Waals surface area contributed by atoms with Gasteiger partial charge in [0.05, 0.1) is 27.4 Å². The highest BCUT2D eigenvalue weighted by atomic mass is 16.5. The molecule has 0 aliphatic heterocycles. The molecule has 0 saturated carbocycles. The molecule has 0 aliphatic rings. The summed E-state index contributed by atoms with van der Waals surface area (Å²) in [6.45, 7) is 2.11. The number of aromatic nitrogens is 1. The third-order valence-electron chi connectivity index (χ3n) is 5.35. The molecule has 1 heterocycles. The lowest BCUT2D eigenvalue weighted by atomic mass is 9.95. The van der Waals surface area contributed by atoms with Gasteiger partial charge in [-0.15, -0.1) is 0 Å². The Morgan fingerprint density at radius 2 is 1.60 bits per heavy atom. The van der Waals surface area contributed by atoms with Gasteiger partial charge in [0.1, 0.15) is 5.75 Å². The molecule has 0 amide bonds. The van der Waals surface area contributed by atoms with Crippen molar-refractivity contribution in [2.75, 3.05) is 26.6 Å². The molecule has 0 fully saturated rings. The summed E-state index contributed by atoms with van der Waals surface area (Å²) in [6, 6.07) is 22.3. The molecule has 0 spiro atoms. The zero-order chi connectivity index (χ0) is 21.1. The number of para-hydroxylation sites is 1. The molecule has 0 radical (unpaired) electrons. The maximum absolute atomic E-state index is 5.57. The number of methoxy groups -OCH3 is 3. The van der Waals surface area contributed by atoms with E-state index in [2.05, 4.69) is 41.5 Å². The maximum Gasteiger partial charge on any atom is 0.161 e. The molecule has 0 aliphatic carbocycles. The SMILES string of the molecule is COc1cccc(NC(c2ccc(OC)c(OC)c2)c2c(C)[nH]c3ccccc23)c1. The van der Waals surface area contributed by atoms with E-state index in [4.69, 9.17) is 14.2 Å². The number of aromatic amines is 1. The van der Waals surface area contributed by atoms with Gasteiger partial charge in [0.2, 0.25) is 0 Å². The van der Waals surface area contributed by atoms with Crippen LogP contribution in [0.5, 0.6) is 17.2 Å². The molecular weight excluding hydrogens is 376 g/mol. The standard InChI is InChI=1S/C25H26N2O3/c1-16-24(20-10-5-6-11-21(20)26-16)25(27-18-8-7-9-19(15-18)28-2)17-12-13-22(29-3)23(14-17)30-4/h5-15,25-27H,1-4H3. The quantitative estimate of drug-likeness (QED) is 0.416. The number of aryl methyl sites for hydroxylation is 1. The van der Waals surface area contributed by atoms with Gasteiger partial charge < -0.3 is 24.5 Å². The highest BCUT2D eigenvalue weighted by molar-refractivity contribution is 5.86. The number of rotatable bonds is 7. The second-order valence-electron chi connectivity index (χ2n) is 7.13. The van der Waals surface area contributed by atoms with Crippen LogP contribution in [-0.2, 0) is 0 Å².